The molecule has 2 aliphatic heterocycles. The standard InChI is InChI=1S/C16H17N5OS/c22-15-13(7-10-1-2-12-14(8-10)23-9-18-12)20-16(21-15)19-11-3-5-17-6-4-11/h1-2,7-9,11,17H,3-6H2,(H2,19,20,21,22)/b13-7-. The first-order valence-electron chi connectivity index (χ1n) is 7.70. The summed E-state index contributed by atoms with van der Waals surface area (Å²) in [6.07, 6.45) is 3.89. The Bertz CT molecular complexity index is 804. The van der Waals surface area contributed by atoms with Crippen LogP contribution in [0.4, 0.5) is 0 Å². The van der Waals surface area contributed by atoms with E-state index in [1.165, 1.54) is 0 Å². The maximum Gasteiger partial charge on any atom is 0.276 e. The van der Waals surface area contributed by atoms with Crippen LogP contribution in [0, 0.1) is 0 Å². The largest absolute Gasteiger partial charge is 0.353 e. The first-order chi connectivity index (χ1) is 11.3. The molecule has 0 aliphatic carbocycles. The topological polar surface area (TPSA) is 78.4 Å². The highest BCUT2D eigenvalue weighted by atomic mass is 32.1. The van der Waals surface area contributed by atoms with E-state index in [1.807, 2.05) is 29.8 Å². The number of nitrogens with one attached hydrogen (secondary N) is 3. The molecule has 23 heavy (non-hydrogen) atoms. The molecule has 3 heterocycles. The Labute approximate surface area is 137 Å². The number of nitrogens with zero attached hydrogens (tertiary/aromatic N) is 2. The zero-order valence-electron chi connectivity index (χ0n) is 12.5. The van der Waals surface area contributed by atoms with Crippen LogP contribution in [0.5, 0.6) is 0 Å². The quantitative estimate of drug-likeness (QED) is 0.730. The second-order valence-corrected chi connectivity index (χ2v) is 6.58. The van der Waals surface area contributed by atoms with Gasteiger partial charge in [-0.15, -0.1) is 11.3 Å². The summed E-state index contributed by atoms with van der Waals surface area (Å²) in [5.74, 6) is 0.401. The molecule has 0 atom stereocenters. The first kappa shape index (κ1) is 14.3. The van der Waals surface area contributed by atoms with Crippen molar-refractivity contribution in [3.63, 3.8) is 0 Å². The fourth-order valence-corrected chi connectivity index (χ4v) is 3.54. The third-order valence-electron chi connectivity index (χ3n) is 4.04. The number of thiazole rings is 1. The lowest BCUT2D eigenvalue weighted by molar-refractivity contribution is -0.115. The molecule has 2 aromatic rings. The van der Waals surface area contributed by atoms with Gasteiger partial charge >= 0.3 is 0 Å². The number of rotatable bonds is 2. The van der Waals surface area contributed by atoms with Crippen molar-refractivity contribution in [2.75, 3.05) is 13.1 Å². The van der Waals surface area contributed by atoms with E-state index in [0.717, 1.165) is 41.7 Å². The minimum Gasteiger partial charge on any atom is -0.353 e. The molecule has 118 valence electrons. The van der Waals surface area contributed by atoms with E-state index < -0.39 is 0 Å². The number of carbonyl (C=O) groups is 1. The van der Waals surface area contributed by atoms with Crippen LogP contribution >= 0.6 is 11.3 Å². The molecule has 6 nitrogen and oxygen atoms in total. The molecule has 0 radical (unpaired) electrons. The summed E-state index contributed by atoms with van der Waals surface area (Å²) in [6, 6.07) is 6.31. The second-order valence-electron chi connectivity index (χ2n) is 5.69. The average Bonchev–Trinajstić information content (AvgIpc) is 3.15. The fraction of sp³-hybridized carbons (Fsp3) is 0.312. The molecule has 1 amide bonds. The molecular formula is C16H17N5OS. The summed E-state index contributed by atoms with van der Waals surface area (Å²) >= 11 is 1.59. The van der Waals surface area contributed by atoms with Crippen LogP contribution in [0.1, 0.15) is 18.4 Å². The van der Waals surface area contributed by atoms with Crippen LogP contribution in [-0.2, 0) is 4.79 Å². The lowest BCUT2D eigenvalue weighted by Crippen LogP contribution is -2.46. The summed E-state index contributed by atoms with van der Waals surface area (Å²) in [4.78, 5) is 20.7. The number of aromatic nitrogens is 1. The minimum atomic E-state index is -0.161. The van der Waals surface area contributed by atoms with Gasteiger partial charge in [0.15, 0.2) is 0 Å². The lowest BCUT2D eigenvalue weighted by atomic mass is 10.1. The molecule has 0 spiro atoms. The molecule has 1 aromatic heterocycles. The van der Waals surface area contributed by atoms with Crippen LogP contribution in [0.3, 0.4) is 0 Å². The van der Waals surface area contributed by atoms with Gasteiger partial charge in [-0.2, -0.15) is 0 Å². The zero-order valence-corrected chi connectivity index (χ0v) is 13.3. The molecule has 0 saturated carbocycles. The average molecular weight is 327 g/mol. The van der Waals surface area contributed by atoms with Crippen LogP contribution < -0.4 is 16.0 Å². The van der Waals surface area contributed by atoms with Gasteiger partial charge in [-0.25, -0.2) is 9.98 Å². The van der Waals surface area contributed by atoms with Gasteiger partial charge < -0.3 is 10.6 Å². The summed E-state index contributed by atoms with van der Waals surface area (Å²) in [7, 11) is 0. The maximum absolute atomic E-state index is 12.1. The fourth-order valence-electron chi connectivity index (χ4n) is 2.82. The van der Waals surface area contributed by atoms with Crippen molar-refractivity contribution in [1.29, 1.82) is 0 Å². The molecule has 1 saturated heterocycles. The zero-order chi connectivity index (χ0) is 15.6. The number of guanidine groups is 1. The normalized spacial score (nSPS) is 20.8. The summed E-state index contributed by atoms with van der Waals surface area (Å²) in [6.45, 7) is 1.99. The van der Waals surface area contributed by atoms with Gasteiger partial charge in [0.2, 0.25) is 5.96 Å². The van der Waals surface area contributed by atoms with Crippen LogP contribution in [0.15, 0.2) is 34.4 Å². The number of benzene rings is 1. The highest BCUT2D eigenvalue weighted by molar-refractivity contribution is 7.16. The van der Waals surface area contributed by atoms with E-state index in [9.17, 15) is 4.79 Å². The number of hydrogen-bond donors (Lipinski definition) is 3. The molecule has 7 heteroatoms. The Balaban J connectivity index is 1.53. The van der Waals surface area contributed by atoms with Crippen molar-refractivity contribution in [3.05, 3.63) is 35.0 Å². The van der Waals surface area contributed by atoms with Crippen molar-refractivity contribution in [2.24, 2.45) is 4.99 Å². The Morgan fingerprint density at radius 3 is 3.04 bits per heavy atom. The van der Waals surface area contributed by atoms with Crippen molar-refractivity contribution in [3.8, 4) is 0 Å². The second kappa shape index (κ2) is 6.10. The van der Waals surface area contributed by atoms with Gasteiger partial charge in [0.1, 0.15) is 5.70 Å². The highest BCUT2D eigenvalue weighted by Gasteiger charge is 2.23. The first-order valence-corrected chi connectivity index (χ1v) is 8.58. The Morgan fingerprint density at radius 1 is 1.30 bits per heavy atom. The van der Waals surface area contributed by atoms with Crippen LogP contribution in [-0.4, -0.2) is 36.0 Å². The summed E-state index contributed by atoms with van der Waals surface area (Å²) < 4.78 is 1.11. The van der Waals surface area contributed by atoms with Gasteiger partial charge in [-0.1, -0.05) is 6.07 Å². The predicted molar refractivity (Wildman–Crippen MR) is 92.2 cm³/mol. The molecule has 3 N–H and O–H groups in total. The highest BCUT2D eigenvalue weighted by Crippen LogP contribution is 2.21. The Hall–Kier alpha value is -2.25. The van der Waals surface area contributed by atoms with E-state index in [2.05, 4.69) is 25.9 Å². The van der Waals surface area contributed by atoms with E-state index in [0.29, 0.717) is 17.7 Å². The van der Waals surface area contributed by atoms with E-state index in [-0.39, 0.29) is 5.91 Å². The Kier molecular flexibility index (Phi) is 3.80. The third kappa shape index (κ3) is 3.11. The third-order valence-corrected chi connectivity index (χ3v) is 4.83. The molecule has 1 fully saturated rings. The number of aliphatic imine (C=N–C) groups is 1. The smallest absolute Gasteiger partial charge is 0.276 e. The molecule has 2 aliphatic rings. The van der Waals surface area contributed by atoms with E-state index in [1.54, 1.807) is 11.3 Å². The van der Waals surface area contributed by atoms with Crippen molar-refractivity contribution < 1.29 is 4.79 Å². The van der Waals surface area contributed by atoms with Gasteiger partial charge in [0, 0.05) is 6.04 Å². The number of hydrogen-bond acceptors (Lipinski definition) is 6. The maximum atomic E-state index is 12.1. The molecular weight excluding hydrogens is 310 g/mol. The number of piperidine rings is 1. The Morgan fingerprint density at radius 2 is 2.17 bits per heavy atom. The van der Waals surface area contributed by atoms with Crippen LogP contribution in [0.25, 0.3) is 16.3 Å². The van der Waals surface area contributed by atoms with E-state index in [4.69, 9.17) is 0 Å². The predicted octanol–water partition coefficient (Wildman–Crippen LogP) is 1.46. The molecule has 1 aromatic carbocycles. The van der Waals surface area contributed by atoms with Gasteiger partial charge in [-0.05, 0) is 49.7 Å². The van der Waals surface area contributed by atoms with Gasteiger partial charge in [-0.3, -0.25) is 10.1 Å². The number of fused-ring (bicyclic) bond motifs is 1. The number of carbonyl (C=O) groups excluding carboxylic acids is 1. The summed E-state index contributed by atoms with van der Waals surface area (Å²) in [5.41, 5.74) is 4.19. The SMILES string of the molecule is O=C1NC(NC2CCNCC2)=N/C1=C\c1ccc2ncsc2c1. The van der Waals surface area contributed by atoms with E-state index >= 15 is 0 Å². The summed E-state index contributed by atoms with van der Waals surface area (Å²) in [5, 5.41) is 9.44. The van der Waals surface area contributed by atoms with Crippen molar-refractivity contribution in [2.45, 2.75) is 18.9 Å². The van der Waals surface area contributed by atoms with Crippen molar-refractivity contribution in [1.82, 2.24) is 20.9 Å². The lowest BCUT2D eigenvalue weighted by Gasteiger charge is -2.23. The molecule has 0 unspecified atom stereocenters. The number of amides is 1. The van der Waals surface area contributed by atoms with Crippen molar-refractivity contribution >= 4 is 39.5 Å². The molecule has 4 rings (SSSR count). The van der Waals surface area contributed by atoms with Crippen LogP contribution in [0.2, 0.25) is 0 Å². The van der Waals surface area contributed by atoms with Gasteiger partial charge in [0.25, 0.3) is 5.91 Å². The molecule has 0 bridgehead atoms. The minimum absolute atomic E-state index is 0.161. The monoisotopic (exact) mass is 327 g/mol. The van der Waals surface area contributed by atoms with Gasteiger partial charge in [0.05, 0.1) is 15.7 Å².